The predicted octanol–water partition coefficient (Wildman–Crippen LogP) is 3.82. The first-order valence-corrected chi connectivity index (χ1v) is 7.33. The molecule has 0 aliphatic heterocycles. The van der Waals surface area contributed by atoms with Gasteiger partial charge in [-0.2, -0.15) is 0 Å². The topological polar surface area (TPSA) is 56.7 Å². The molecule has 2 heterocycles. The summed E-state index contributed by atoms with van der Waals surface area (Å²) in [5.74, 6) is 1.77. The van der Waals surface area contributed by atoms with Gasteiger partial charge in [0.15, 0.2) is 0 Å². The number of nitrogen functional groups attached to an aromatic ring is 1. The highest BCUT2D eigenvalue weighted by molar-refractivity contribution is 5.85. The van der Waals surface area contributed by atoms with Crippen LogP contribution in [-0.2, 0) is 6.42 Å². The fourth-order valence-corrected chi connectivity index (χ4v) is 2.75. The van der Waals surface area contributed by atoms with Crippen LogP contribution < -0.4 is 5.73 Å². The van der Waals surface area contributed by atoms with Crippen LogP contribution in [0.25, 0.3) is 22.2 Å². The lowest BCUT2D eigenvalue weighted by Crippen LogP contribution is -2.08. The first kappa shape index (κ1) is 13.6. The molecular weight excluding hydrogens is 260 g/mol. The highest BCUT2D eigenvalue weighted by Crippen LogP contribution is 2.30. The standard InChI is InChI=1S/C17H20N4/c1-4-15-20-16(17(18)21(15)11(2)3)13-7-8-14-12(10-13)6-5-9-19-14/h5-11H,4,18H2,1-3H3. The predicted molar refractivity (Wildman–Crippen MR) is 87.1 cm³/mol. The van der Waals surface area contributed by atoms with Crippen LogP contribution in [-0.4, -0.2) is 14.5 Å². The van der Waals surface area contributed by atoms with E-state index in [9.17, 15) is 0 Å². The molecule has 2 N–H and O–H groups in total. The molecular formula is C17H20N4. The largest absolute Gasteiger partial charge is 0.383 e. The number of nitrogens with two attached hydrogens (primary N) is 1. The summed E-state index contributed by atoms with van der Waals surface area (Å²) in [6.07, 6.45) is 2.68. The average Bonchev–Trinajstić information content (AvgIpc) is 2.83. The molecule has 0 radical (unpaired) electrons. The van der Waals surface area contributed by atoms with Crippen molar-refractivity contribution in [3.63, 3.8) is 0 Å². The number of imidazole rings is 1. The molecule has 108 valence electrons. The molecule has 4 nitrogen and oxygen atoms in total. The molecule has 0 spiro atoms. The summed E-state index contributed by atoms with van der Waals surface area (Å²) < 4.78 is 2.11. The molecule has 0 saturated carbocycles. The van der Waals surface area contributed by atoms with Crippen molar-refractivity contribution in [1.29, 1.82) is 0 Å². The second-order valence-electron chi connectivity index (χ2n) is 5.49. The van der Waals surface area contributed by atoms with E-state index in [4.69, 9.17) is 10.7 Å². The van der Waals surface area contributed by atoms with Gasteiger partial charge in [-0.25, -0.2) is 4.98 Å². The molecule has 0 atom stereocenters. The molecule has 21 heavy (non-hydrogen) atoms. The number of anilines is 1. The first-order chi connectivity index (χ1) is 10.1. The second kappa shape index (κ2) is 5.20. The monoisotopic (exact) mass is 280 g/mol. The number of fused-ring (bicyclic) bond motifs is 1. The quantitative estimate of drug-likeness (QED) is 0.793. The minimum Gasteiger partial charge on any atom is -0.383 e. The van der Waals surface area contributed by atoms with Gasteiger partial charge in [0.25, 0.3) is 0 Å². The summed E-state index contributed by atoms with van der Waals surface area (Å²) in [6, 6.07) is 10.5. The molecule has 4 heteroatoms. The van der Waals surface area contributed by atoms with Crippen LogP contribution in [0.3, 0.4) is 0 Å². The van der Waals surface area contributed by atoms with E-state index in [1.165, 1.54) is 0 Å². The summed E-state index contributed by atoms with van der Waals surface area (Å²) in [6.45, 7) is 6.37. The van der Waals surface area contributed by atoms with Crippen LogP contribution in [0.15, 0.2) is 36.5 Å². The molecule has 2 aromatic heterocycles. The third-order valence-corrected chi connectivity index (χ3v) is 3.73. The van der Waals surface area contributed by atoms with E-state index in [0.29, 0.717) is 6.04 Å². The Morgan fingerprint density at radius 3 is 2.71 bits per heavy atom. The van der Waals surface area contributed by atoms with Crippen LogP contribution in [0.2, 0.25) is 0 Å². The molecule has 1 aromatic carbocycles. The van der Waals surface area contributed by atoms with E-state index < -0.39 is 0 Å². The third kappa shape index (κ3) is 2.27. The minimum absolute atomic E-state index is 0.309. The molecule has 0 unspecified atom stereocenters. The SMILES string of the molecule is CCc1nc(-c2ccc3ncccc3c2)c(N)n1C(C)C. The van der Waals surface area contributed by atoms with Gasteiger partial charge in [-0.05, 0) is 32.0 Å². The molecule has 0 fully saturated rings. The van der Waals surface area contributed by atoms with Gasteiger partial charge in [-0.1, -0.05) is 19.1 Å². The van der Waals surface area contributed by atoms with Gasteiger partial charge in [0.2, 0.25) is 0 Å². The average molecular weight is 280 g/mol. The van der Waals surface area contributed by atoms with Crippen molar-refractivity contribution >= 4 is 16.7 Å². The van der Waals surface area contributed by atoms with Crippen LogP contribution in [0.1, 0.15) is 32.6 Å². The summed E-state index contributed by atoms with van der Waals surface area (Å²) in [7, 11) is 0. The van der Waals surface area contributed by atoms with Crippen molar-refractivity contribution in [2.75, 3.05) is 5.73 Å². The van der Waals surface area contributed by atoms with Crippen molar-refractivity contribution in [2.24, 2.45) is 0 Å². The van der Waals surface area contributed by atoms with Gasteiger partial charge >= 0.3 is 0 Å². The van der Waals surface area contributed by atoms with E-state index in [1.807, 2.05) is 18.2 Å². The number of rotatable bonds is 3. The van der Waals surface area contributed by atoms with Crippen molar-refractivity contribution in [1.82, 2.24) is 14.5 Å². The maximum absolute atomic E-state index is 6.34. The van der Waals surface area contributed by atoms with Crippen LogP contribution in [0, 0.1) is 0 Å². The number of nitrogens with zero attached hydrogens (tertiary/aromatic N) is 3. The van der Waals surface area contributed by atoms with Crippen molar-refractivity contribution in [3.05, 3.63) is 42.4 Å². The summed E-state index contributed by atoms with van der Waals surface area (Å²) in [5.41, 5.74) is 9.24. The van der Waals surface area contributed by atoms with Crippen LogP contribution >= 0.6 is 0 Å². The zero-order valence-corrected chi connectivity index (χ0v) is 12.7. The zero-order chi connectivity index (χ0) is 15.0. The Hall–Kier alpha value is -2.36. The Morgan fingerprint density at radius 2 is 2.05 bits per heavy atom. The third-order valence-electron chi connectivity index (χ3n) is 3.73. The summed E-state index contributed by atoms with van der Waals surface area (Å²) >= 11 is 0. The van der Waals surface area contributed by atoms with Gasteiger partial charge in [0, 0.05) is 29.6 Å². The second-order valence-corrected chi connectivity index (χ2v) is 5.49. The fraction of sp³-hybridized carbons (Fsp3) is 0.294. The summed E-state index contributed by atoms with van der Waals surface area (Å²) in [4.78, 5) is 9.09. The number of hydrogen-bond donors (Lipinski definition) is 1. The Bertz CT molecular complexity index is 787. The molecule has 0 aliphatic rings. The Kier molecular flexibility index (Phi) is 3.37. The smallest absolute Gasteiger partial charge is 0.131 e. The highest BCUT2D eigenvalue weighted by Gasteiger charge is 2.17. The van der Waals surface area contributed by atoms with E-state index in [1.54, 1.807) is 6.20 Å². The van der Waals surface area contributed by atoms with Gasteiger partial charge in [0.1, 0.15) is 17.3 Å². The van der Waals surface area contributed by atoms with Crippen LogP contribution in [0.4, 0.5) is 5.82 Å². The molecule has 0 amide bonds. The lowest BCUT2D eigenvalue weighted by Gasteiger charge is -2.12. The number of benzene rings is 1. The van der Waals surface area contributed by atoms with Gasteiger partial charge in [-0.15, -0.1) is 0 Å². The molecule has 3 rings (SSSR count). The summed E-state index contributed by atoms with van der Waals surface area (Å²) in [5, 5.41) is 1.10. The molecule has 0 aliphatic carbocycles. The minimum atomic E-state index is 0.309. The number of pyridine rings is 1. The van der Waals surface area contributed by atoms with Gasteiger partial charge in [-0.3, -0.25) is 4.98 Å². The number of hydrogen-bond acceptors (Lipinski definition) is 3. The lowest BCUT2D eigenvalue weighted by atomic mass is 10.1. The van der Waals surface area contributed by atoms with Gasteiger partial charge in [0.05, 0.1) is 5.52 Å². The first-order valence-electron chi connectivity index (χ1n) is 7.33. The zero-order valence-electron chi connectivity index (χ0n) is 12.7. The highest BCUT2D eigenvalue weighted by atomic mass is 15.2. The van der Waals surface area contributed by atoms with E-state index in [-0.39, 0.29) is 0 Å². The normalized spacial score (nSPS) is 11.4. The van der Waals surface area contributed by atoms with Crippen molar-refractivity contribution in [2.45, 2.75) is 33.2 Å². The number of aryl methyl sites for hydroxylation is 1. The molecule has 0 saturated heterocycles. The van der Waals surface area contributed by atoms with Crippen molar-refractivity contribution in [3.8, 4) is 11.3 Å². The van der Waals surface area contributed by atoms with E-state index in [0.717, 1.165) is 40.2 Å². The fourth-order valence-electron chi connectivity index (χ4n) is 2.75. The Morgan fingerprint density at radius 1 is 1.24 bits per heavy atom. The Balaban J connectivity index is 2.18. The Labute approximate surface area is 124 Å². The van der Waals surface area contributed by atoms with Crippen LogP contribution in [0.5, 0.6) is 0 Å². The number of aromatic nitrogens is 3. The van der Waals surface area contributed by atoms with E-state index in [2.05, 4.69) is 42.5 Å². The maximum Gasteiger partial charge on any atom is 0.131 e. The van der Waals surface area contributed by atoms with Crippen molar-refractivity contribution < 1.29 is 0 Å². The van der Waals surface area contributed by atoms with E-state index >= 15 is 0 Å². The molecule has 0 bridgehead atoms. The lowest BCUT2D eigenvalue weighted by molar-refractivity contribution is 0.579. The maximum atomic E-state index is 6.34. The van der Waals surface area contributed by atoms with Gasteiger partial charge < -0.3 is 10.3 Å². The molecule has 3 aromatic rings.